The van der Waals surface area contributed by atoms with E-state index in [9.17, 15) is 42.3 Å². The topological polar surface area (TPSA) is 161 Å². The van der Waals surface area contributed by atoms with Crippen LogP contribution >= 0.6 is 0 Å². The number of carbonyl (C=O) groups is 7. The highest BCUT2D eigenvalue weighted by Crippen LogP contribution is 2.38. The first-order valence-electron chi connectivity index (χ1n) is 37.0. The van der Waals surface area contributed by atoms with E-state index in [0.29, 0.717) is 57.4 Å². The Balaban J connectivity index is 0.000000164. The molecule has 0 unspecified atom stereocenters. The highest BCUT2D eigenvalue weighted by molar-refractivity contribution is 6.17. The van der Waals surface area contributed by atoms with E-state index in [1.54, 1.807) is 64.3 Å². The molecule has 0 saturated carbocycles. The number of ether oxygens (including phenoxy) is 1. The van der Waals surface area contributed by atoms with Gasteiger partial charge in [-0.25, -0.2) is 13.2 Å². The number of methoxy groups -OCH3 is 1. The molecule has 0 aliphatic carbocycles. The molecule has 8 aromatic carbocycles. The first kappa shape index (κ1) is 80.2. The Labute approximate surface area is 619 Å². The number of nitrogens with zero attached hydrogens (tertiary/aromatic N) is 8. The van der Waals surface area contributed by atoms with Gasteiger partial charge in [-0.05, 0) is 222 Å². The van der Waals surface area contributed by atoms with Crippen LogP contribution in [0.4, 0.5) is 13.2 Å². The van der Waals surface area contributed by atoms with E-state index in [1.807, 2.05) is 78.9 Å². The van der Waals surface area contributed by atoms with E-state index in [-0.39, 0.29) is 57.4 Å². The molecule has 0 fully saturated rings. The van der Waals surface area contributed by atoms with Crippen molar-refractivity contribution in [2.75, 3.05) is 85.6 Å². The molecule has 0 radical (unpaired) electrons. The van der Waals surface area contributed by atoms with Crippen LogP contribution in [0.5, 0.6) is 5.75 Å². The summed E-state index contributed by atoms with van der Waals surface area (Å²) in [6.07, 6.45) is 0. The van der Waals surface area contributed by atoms with Crippen LogP contribution in [0.15, 0.2) is 127 Å². The number of hydrogen-bond donors (Lipinski definition) is 0. The summed E-state index contributed by atoms with van der Waals surface area (Å²) in [6.45, 7) is 42.0. The quantitative estimate of drug-likeness (QED) is 0.0427. The average Bonchev–Trinajstić information content (AvgIpc) is 1.61. The van der Waals surface area contributed by atoms with E-state index in [2.05, 4.69) is 93.3 Å². The highest BCUT2D eigenvalue weighted by atomic mass is 19.1. The lowest BCUT2D eigenvalue weighted by Crippen LogP contribution is -2.27. The van der Waals surface area contributed by atoms with Gasteiger partial charge in [0, 0.05) is 151 Å². The predicted octanol–water partition coefficient (Wildman–Crippen LogP) is 18.4. The summed E-state index contributed by atoms with van der Waals surface area (Å²) < 4.78 is 57.6. The second-order valence-corrected chi connectivity index (χ2v) is 26.9. The van der Waals surface area contributed by atoms with Crippen molar-refractivity contribution < 1.29 is 51.5 Å². The molecule has 0 saturated heterocycles. The summed E-state index contributed by atoms with van der Waals surface area (Å²) in [6, 6.07) is 37.7. The van der Waals surface area contributed by atoms with Gasteiger partial charge in [0.05, 0.1) is 40.4 Å². The molecule has 0 aliphatic rings. The lowest BCUT2D eigenvalue weighted by Gasteiger charge is -2.19. The first-order valence-corrected chi connectivity index (χ1v) is 37.0. The number of benzene rings is 8. The third-order valence-corrected chi connectivity index (χ3v) is 20.8. The summed E-state index contributed by atoms with van der Waals surface area (Å²) in [7, 11) is 1.59. The molecule has 0 N–H and O–H groups in total. The van der Waals surface area contributed by atoms with Crippen LogP contribution < -0.4 is 4.74 Å². The second kappa shape index (κ2) is 35.4. The maximum atomic E-state index is 15.2. The maximum absolute atomic E-state index is 15.2. The summed E-state index contributed by atoms with van der Waals surface area (Å²) >= 11 is 0. The van der Waals surface area contributed by atoms with Gasteiger partial charge in [0.25, 0.3) is 0 Å². The molecule has 12 rings (SSSR count). The van der Waals surface area contributed by atoms with Gasteiger partial charge in [0.2, 0.25) is 0 Å². The molecular formula is C87H101F3N8O8. The summed E-state index contributed by atoms with van der Waals surface area (Å²) in [5, 5.41) is 6.55. The number of rotatable bonds is 28. The molecule has 16 nitrogen and oxygen atoms in total. The number of aromatic nitrogens is 4. The van der Waals surface area contributed by atoms with Crippen molar-refractivity contribution in [3.8, 4) is 5.75 Å². The van der Waals surface area contributed by atoms with E-state index in [1.165, 1.54) is 39.8 Å². The minimum Gasteiger partial charge on any atom is -0.496 e. The molecule has 0 atom stereocenters. The fourth-order valence-electron chi connectivity index (χ4n) is 14.4. The van der Waals surface area contributed by atoms with Crippen molar-refractivity contribution in [1.29, 1.82) is 0 Å². The lowest BCUT2D eigenvalue weighted by molar-refractivity contribution is 0.100. The number of carbonyl (C=O) groups excluding carboxylic acids is 7. The fraction of sp³-hybridized carbons (Fsp3) is 0.368. The largest absolute Gasteiger partial charge is 0.496 e. The van der Waals surface area contributed by atoms with Gasteiger partial charge in [0.1, 0.15) is 23.2 Å². The van der Waals surface area contributed by atoms with Crippen molar-refractivity contribution in [1.82, 2.24) is 37.9 Å². The number of halogens is 3. The van der Waals surface area contributed by atoms with E-state index in [4.69, 9.17) is 4.74 Å². The van der Waals surface area contributed by atoms with Crippen LogP contribution in [0.25, 0.3) is 87.2 Å². The van der Waals surface area contributed by atoms with Crippen molar-refractivity contribution in [2.45, 2.75) is 130 Å². The SMILES string of the molecule is CCN(CC)CCn1c2ccc(C(C)=O)cc2c2c(F)c(C(C)=O)ccc21.CCN(CC)CCn1c2ccc(C(C)=O)cc2c2cc(C(C)=O)c(F)cc21.CCN(CC)CCn1c2ccc(C(C)=O)cc2c2cc(C(C)=O)c(OC)cc21.CCN(CC)CCn1c2ccc(F)cc2c2cc(C(C)=O)ccc21. The zero-order valence-electron chi connectivity index (χ0n) is 64.4. The normalized spacial score (nSPS) is 11.6. The van der Waals surface area contributed by atoms with Crippen molar-refractivity contribution >= 4 is 128 Å². The zero-order valence-corrected chi connectivity index (χ0v) is 64.4. The van der Waals surface area contributed by atoms with Crippen molar-refractivity contribution in [3.63, 3.8) is 0 Å². The molecule has 558 valence electrons. The molecule has 4 heterocycles. The Morgan fingerprint density at radius 2 is 0.604 bits per heavy atom. The van der Waals surface area contributed by atoms with Gasteiger partial charge >= 0.3 is 0 Å². The third kappa shape index (κ3) is 17.1. The van der Waals surface area contributed by atoms with Gasteiger partial charge in [-0.1, -0.05) is 55.4 Å². The second-order valence-electron chi connectivity index (χ2n) is 26.9. The molecule has 0 spiro atoms. The summed E-state index contributed by atoms with van der Waals surface area (Å²) in [5.74, 6) is -1.35. The third-order valence-electron chi connectivity index (χ3n) is 20.8. The highest BCUT2D eigenvalue weighted by Gasteiger charge is 2.24. The Morgan fingerprint density at radius 3 is 0.953 bits per heavy atom. The Kier molecular flexibility index (Phi) is 26.8. The molecule has 0 amide bonds. The van der Waals surface area contributed by atoms with Crippen LogP contribution in [0.3, 0.4) is 0 Å². The van der Waals surface area contributed by atoms with Gasteiger partial charge in [-0.2, -0.15) is 0 Å². The minimum absolute atomic E-state index is 0.0187. The molecule has 4 aromatic heterocycles. The van der Waals surface area contributed by atoms with Crippen LogP contribution in [0.1, 0.15) is 176 Å². The van der Waals surface area contributed by atoms with Gasteiger partial charge in [-0.3, -0.25) is 33.6 Å². The van der Waals surface area contributed by atoms with Crippen LogP contribution in [0.2, 0.25) is 0 Å². The standard InChI is InChI=1S/C23H28N2O3.2C22H25FN2O2.C20H23FN2O/c1-6-24(7-2)10-11-25-21-9-8-17(15(3)26)12-19(21)20-13-18(16(4)27)23(28-5)14-22(20)25;1-5-24(6-2)11-12-25-19-9-7-16(14(3)26)13-18(19)21-20(25)10-8-17(15(4)27)22(21)23;1-5-24(6-2)9-10-25-21-8-7-16(14(3)26)11-18(21)19-12-17(15(4)27)20(23)13-22(19)25;1-4-22(5-2)10-11-23-19-8-6-15(14(3)24)12-17(19)18-13-16(21)7-9-20(18)23/h8-9,12-14H,6-7,10-11H2,1-5H3;7-10,13H,5-6,11-12H2,1-4H3;7-8,11-13H,5-6,9-10H2,1-4H3;6-9,12-13H,4-5,10-11H2,1-3H3. The Bertz CT molecular complexity index is 5280. The maximum Gasteiger partial charge on any atom is 0.163 e. The minimum atomic E-state index is -0.507. The van der Waals surface area contributed by atoms with Gasteiger partial charge in [0.15, 0.2) is 40.5 Å². The molecule has 12 aromatic rings. The van der Waals surface area contributed by atoms with Crippen LogP contribution in [-0.4, -0.2) is 164 Å². The number of fused-ring (bicyclic) bond motifs is 12. The first-order chi connectivity index (χ1) is 50.7. The number of Topliss-reactive ketones (excluding diaryl/α,β-unsaturated/α-hetero) is 7. The van der Waals surface area contributed by atoms with E-state index in [0.717, 1.165) is 168 Å². The van der Waals surface area contributed by atoms with E-state index >= 15 is 4.39 Å². The zero-order chi connectivity index (χ0) is 77.1. The number of likely N-dealkylation sites (N-methyl/N-ethyl adjacent to an activating group) is 4. The molecule has 106 heavy (non-hydrogen) atoms. The monoisotopic (exact) mass is 1440 g/mol. The fourth-order valence-corrected chi connectivity index (χ4v) is 14.4. The lowest BCUT2D eigenvalue weighted by atomic mass is 10.0. The summed E-state index contributed by atoms with van der Waals surface area (Å²) in [5.41, 5.74) is 10.7. The predicted molar refractivity (Wildman–Crippen MR) is 425 cm³/mol. The van der Waals surface area contributed by atoms with Crippen LogP contribution in [-0.2, 0) is 26.2 Å². The molecular weight excluding hydrogens is 1340 g/mol. The Hall–Kier alpha value is -9.92. The molecule has 0 bridgehead atoms. The smallest absolute Gasteiger partial charge is 0.163 e. The van der Waals surface area contributed by atoms with Gasteiger partial charge in [-0.15, -0.1) is 0 Å². The van der Waals surface area contributed by atoms with Crippen molar-refractivity contribution in [2.24, 2.45) is 0 Å². The molecule has 19 heteroatoms. The van der Waals surface area contributed by atoms with E-state index < -0.39 is 11.6 Å². The van der Waals surface area contributed by atoms with Gasteiger partial charge < -0.3 is 42.6 Å². The Morgan fingerprint density at radius 1 is 0.311 bits per heavy atom. The number of hydrogen-bond acceptors (Lipinski definition) is 12. The summed E-state index contributed by atoms with van der Waals surface area (Å²) in [4.78, 5) is 92.4. The van der Waals surface area contributed by atoms with Crippen molar-refractivity contribution in [3.05, 3.63) is 184 Å². The average molecular weight is 1440 g/mol. The number of ketones is 7. The van der Waals surface area contributed by atoms with Crippen LogP contribution in [0, 0.1) is 17.5 Å². The molecule has 0 aliphatic heterocycles.